The summed E-state index contributed by atoms with van der Waals surface area (Å²) in [7, 11) is 1.48. The molecular formula is C22H26N2O6S2. The standard InChI is InChI=1S/C22H26N2O6S2/c1-5-32(26,27)16-8-6-15(7-9-16)12-21(25)23-22-24(10-11-28-2)17-13-18(29-3)19(30-4)14-20(17)31-22/h6-9,13-14H,5,10-12H2,1-4H3. The van der Waals surface area contributed by atoms with Crippen molar-refractivity contribution >= 4 is 37.3 Å². The van der Waals surface area contributed by atoms with E-state index in [2.05, 4.69) is 4.99 Å². The van der Waals surface area contributed by atoms with Crippen LogP contribution in [0.3, 0.4) is 0 Å². The van der Waals surface area contributed by atoms with E-state index in [9.17, 15) is 13.2 Å². The van der Waals surface area contributed by atoms with Crippen molar-refractivity contribution in [3.63, 3.8) is 0 Å². The molecule has 0 saturated heterocycles. The predicted octanol–water partition coefficient (Wildman–Crippen LogP) is 2.83. The van der Waals surface area contributed by atoms with E-state index >= 15 is 0 Å². The zero-order valence-electron chi connectivity index (χ0n) is 18.5. The molecule has 0 aliphatic rings. The molecular weight excluding hydrogens is 452 g/mol. The second kappa shape index (κ2) is 10.3. The summed E-state index contributed by atoms with van der Waals surface area (Å²) in [4.78, 5) is 17.8. The number of nitrogens with zero attached hydrogens (tertiary/aromatic N) is 2. The first kappa shape index (κ1) is 24.0. The maximum atomic E-state index is 12.7. The second-order valence-corrected chi connectivity index (χ2v) is 10.2. The molecule has 0 radical (unpaired) electrons. The Labute approximate surface area is 191 Å². The Morgan fingerprint density at radius 2 is 1.72 bits per heavy atom. The van der Waals surface area contributed by atoms with Gasteiger partial charge in [-0.25, -0.2) is 8.42 Å². The van der Waals surface area contributed by atoms with E-state index in [1.165, 1.54) is 23.5 Å². The molecule has 8 nitrogen and oxygen atoms in total. The van der Waals surface area contributed by atoms with Crippen LogP contribution in [0.2, 0.25) is 0 Å². The van der Waals surface area contributed by atoms with Crippen LogP contribution in [0.1, 0.15) is 12.5 Å². The van der Waals surface area contributed by atoms with Crippen LogP contribution in [0.15, 0.2) is 46.3 Å². The molecule has 0 saturated carbocycles. The summed E-state index contributed by atoms with van der Waals surface area (Å²) in [5.74, 6) is 0.890. The van der Waals surface area contributed by atoms with Gasteiger partial charge in [0.1, 0.15) is 0 Å². The summed E-state index contributed by atoms with van der Waals surface area (Å²) in [6, 6.07) is 10.1. The highest BCUT2D eigenvalue weighted by molar-refractivity contribution is 7.91. The molecule has 3 rings (SSSR count). The topological polar surface area (TPSA) is 96.2 Å². The Morgan fingerprint density at radius 3 is 2.31 bits per heavy atom. The molecule has 0 aliphatic heterocycles. The van der Waals surface area contributed by atoms with Crippen LogP contribution in [0, 0.1) is 0 Å². The quantitative estimate of drug-likeness (QED) is 0.469. The van der Waals surface area contributed by atoms with E-state index in [1.54, 1.807) is 40.4 Å². The van der Waals surface area contributed by atoms with Crippen molar-refractivity contribution in [2.45, 2.75) is 24.8 Å². The van der Waals surface area contributed by atoms with Crippen LogP contribution in [0.5, 0.6) is 11.5 Å². The van der Waals surface area contributed by atoms with Gasteiger partial charge < -0.3 is 18.8 Å². The lowest BCUT2D eigenvalue weighted by atomic mass is 10.1. The largest absolute Gasteiger partial charge is 0.493 e. The number of methoxy groups -OCH3 is 3. The molecule has 0 N–H and O–H groups in total. The van der Waals surface area contributed by atoms with Crippen LogP contribution < -0.4 is 14.3 Å². The summed E-state index contributed by atoms with van der Waals surface area (Å²) < 4.78 is 42.8. The van der Waals surface area contributed by atoms with Crippen molar-refractivity contribution in [1.29, 1.82) is 0 Å². The van der Waals surface area contributed by atoms with Gasteiger partial charge >= 0.3 is 0 Å². The van der Waals surface area contributed by atoms with Crippen molar-refractivity contribution in [3.8, 4) is 11.5 Å². The second-order valence-electron chi connectivity index (χ2n) is 6.93. The molecule has 0 atom stereocenters. The molecule has 0 spiro atoms. The number of thiazole rings is 1. The van der Waals surface area contributed by atoms with E-state index in [1.807, 2.05) is 16.7 Å². The molecule has 0 unspecified atom stereocenters. The molecule has 172 valence electrons. The molecule has 0 aliphatic carbocycles. The van der Waals surface area contributed by atoms with Crippen molar-refractivity contribution in [3.05, 3.63) is 46.8 Å². The fourth-order valence-electron chi connectivity index (χ4n) is 3.18. The minimum absolute atomic E-state index is 0.0313. The van der Waals surface area contributed by atoms with Crippen molar-refractivity contribution in [2.75, 3.05) is 33.7 Å². The average molecular weight is 479 g/mol. The van der Waals surface area contributed by atoms with Gasteiger partial charge in [0.25, 0.3) is 5.91 Å². The van der Waals surface area contributed by atoms with Crippen LogP contribution in [-0.2, 0) is 32.3 Å². The molecule has 0 bridgehead atoms. The molecule has 2 aromatic carbocycles. The van der Waals surface area contributed by atoms with Gasteiger partial charge in [-0.05, 0) is 17.7 Å². The fourth-order valence-corrected chi connectivity index (χ4v) is 5.15. The third-order valence-electron chi connectivity index (χ3n) is 4.95. The van der Waals surface area contributed by atoms with Gasteiger partial charge in [0, 0.05) is 25.8 Å². The van der Waals surface area contributed by atoms with Gasteiger partial charge in [-0.15, -0.1) is 0 Å². The number of rotatable bonds is 9. The van der Waals surface area contributed by atoms with Gasteiger partial charge in [-0.3, -0.25) is 4.79 Å². The van der Waals surface area contributed by atoms with Gasteiger partial charge in [0.05, 0.1) is 48.1 Å². The summed E-state index contributed by atoms with van der Waals surface area (Å²) in [6.07, 6.45) is 0.0671. The number of hydrogen-bond donors (Lipinski definition) is 0. The summed E-state index contributed by atoms with van der Waals surface area (Å²) in [5.41, 5.74) is 1.56. The zero-order valence-corrected chi connectivity index (χ0v) is 20.1. The smallest absolute Gasteiger partial charge is 0.252 e. The number of aromatic nitrogens is 1. The summed E-state index contributed by atoms with van der Waals surface area (Å²) >= 11 is 1.38. The number of hydrogen-bond acceptors (Lipinski definition) is 7. The number of carbonyl (C=O) groups excluding carboxylic acids is 1. The van der Waals surface area contributed by atoms with Crippen LogP contribution >= 0.6 is 11.3 Å². The maximum absolute atomic E-state index is 12.7. The number of ether oxygens (including phenoxy) is 3. The molecule has 1 heterocycles. The van der Waals surface area contributed by atoms with E-state index in [0.29, 0.717) is 35.0 Å². The Bertz CT molecular complexity index is 1270. The number of amides is 1. The van der Waals surface area contributed by atoms with Gasteiger partial charge in [-0.1, -0.05) is 30.4 Å². The van der Waals surface area contributed by atoms with Gasteiger partial charge in [0.2, 0.25) is 0 Å². The lowest BCUT2D eigenvalue weighted by Crippen LogP contribution is -2.19. The monoisotopic (exact) mass is 478 g/mol. The molecule has 32 heavy (non-hydrogen) atoms. The highest BCUT2D eigenvalue weighted by Crippen LogP contribution is 2.33. The SMILES string of the molecule is CCS(=O)(=O)c1ccc(CC(=O)N=c2sc3cc(OC)c(OC)cc3n2CCOC)cc1. The van der Waals surface area contributed by atoms with Crippen molar-refractivity contribution in [1.82, 2.24) is 4.57 Å². The van der Waals surface area contributed by atoms with E-state index in [0.717, 1.165) is 10.2 Å². The Morgan fingerprint density at radius 1 is 1.06 bits per heavy atom. The summed E-state index contributed by atoms with van der Waals surface area (Å²) in [5, 5.41) is 0. The van der Waals surface area contributed by atoms with Crippen LogP contribution in [-0.4, -0.2) is 52.6 Å². The van der Waals surface area contributed by atoms with Crippen molar-refractivity contribution < 1.29 is 27.4 Å². The third-order valence-corrected chi connectivity index (χ3v) is 7.74. The first-order chi connectivity index (χ1) is 15.3. The first-order valence-corrected chi connectivity index (χ1v) is 12.4. The molecule has 10 heteroatoms. The Kier molecular flexibility index (Phi) is 7.70. The first-order valence-electron chi connectivity index (χ1n) is 9.96. The Balaban J connectivity index is 1.96. The predicted molar refractivity (Wildman–Crippen MR) is 123 cm³/mol. The number of carbonyl (C=O) groups is 1. The van der Waals surface area contributed by atoms with Gasteiger partial charge in [0.15, 0.2) is 26.1 Å². The number of benzene rings is 2. The fraction of sp³-hybridized carbons (Fsp3) is 0.364. The molecule has 1 amide bonds. The average Bonchev–Trinajstić information content (AvgIpc) is 3.12. The lowest BCUT2D eigenvalue weighted by Gasteiger charge is -2.09. The molecule has 1 aromatic heterocycles. The summed E-state index contributed by atoms with van der Waals surface area (Å²) in [6.45, 7) is 2.57. The minimum Gasteiger partial charge on any atom is -0.493 e. The molecule has 0 fully saturated rings. The number of sulfone groups is 1. The highest BCUT2D eigenvalue weighted by Gasteiger charge is 2.14. The number of fused-ring (bicyclic) bond motifs is 1. The molecule has 3 aromatic rings. The van der Waals surface area contributed by atoms with E-state index in [-0.39, 0.29) is 23.0 Å². The van der Waals surface area contributed by atoms with Gasteiger partial charge in [-0.2, -0.15) is 4.99 Å². The highest BCUT2D eigenvalue weighted by atomic mass is 32.2. The normalized spacial score (nSPS) is 12.3. The lowest BCUT2D eigenvalue weighted by molar-refractivity contribution is -0.117. The third kappa shape index (κ3) is 5.20. The van der Waals surface area contributed by atoms with E-state index in [4.69, 9.17) is 14.2 Å². The Hall–Kier alpha value is -2.69. The van der Waals surface area contributed by atoms with Crippen LogP contribution in [0.4, 0.5) is 0 Å². The maximum Gasteiger partial charge on any atom is 0.252 e. The van der Waals surface area contributed by atoms with Crippen LogP contribution in [0.25, 0.3) is 10.2 Å². The minimum atomic E-state index is -3.28. The van der Waals surface area contributed by atoms with Crippen molar-refractivity contribution in [2.24, 2.45) is 4.99 Å². The van der Waals surface area contributed by atoms with E-state index < -0.39 is 9.84 Å². The zero-order chi connectivity index (χ0) is 23.3.